The number of nitrogens with zero attached hydrogens (tertiary/aromatic N) is 3. The molecular weight excluding hydrogens is 218 g/mol. The number of hydrogen-bond donors (Lipinski definition) is 1. The molecule has 0 aliphatic rings. The Labute approximate surface area is 91.1 Å². The number of nitriles is 1. The third kappa shape index (κ3) is 4.61. The summed E-state index contributed by atoms with van der Waals surface area (Å²) in [6.45, 7) is -0.0555. The van der Waals surface area contributed by atoms with E-state index in [2.05, 4.69) is 20.0 Å². The number of ether oxygens (including phenoxy) is 1. The monoisotopic (exact) mass is 228 g/mol. The molecule has 0 aromatic carbocycles. The van der Waals surface area contributed by atoms with Crippen LogP contribution in [0.4, 0.5) is 14.6 Å². The van der Waals surface area contributed by atoms with Crippen molar-refractivity contribution in [3.05, 3.63) is 18.1 Å². The van der Waals surface area contributed by atoms with Gasteiger partial charge in [-0.25, -0.2) is 18.7 Å². The zero-order chi connectivity index (χ0) is 11.8. The lowest BCUT2D eigenvalue weighted by Crippen LogP contribution is -2.13. The molecule has 0 spiro atoms. The summed E-state index contributed by atoms with van der Waals surface area (Å²) in [5, 5.41) is 11.3. The maximum Gasteiger partial charge on any atom is 0.261 e. The molecule has 1 heterocycles. The molecule has 0 saturated heterocycles. The number of hydrogen-bond acceptors (Lipinski definition) is 5. The molecule has 0 radical (unpaired) electrons. The van der Waals surface area contributed by atoms with Gasteiger partial charge >= 0.3 is 0 Å². The Bertz CT molecular complexity index is 350. The predicted molar refractivity (Wildman–Crippen MR) is 52.1 cm³/mol. The van der Waals surface area contributed by atoms with Gasteiger partial charge in [-0.1, -0.05) is 0 Å². The van der Waals surface area contributed by atoms with Gasteiger partial charge in [-0.05, 0) is 0 Å². The average Bonchev–Trinajstić information content (AvgIpc) is 2.29. The molecular formula is C9H10F2N4O. The van der Waals surface area contributed by atoms with Crippen LogP contribution in [-0.4, -0.2) is 36.2 Å². The number of alkyl halides is 2. The summed E-state index contributed by atoms with van der Waals surface area (Å²) in [5.74, 6) is 0.472. The second-order valence-corrected chi connectivity index (χ2v) is 2.79. The van der Waals surface area contributed by atoms with E-state index in [1.54, 1.807) is 0 Å². The van der Waals surface area contributed by atoms with Crippen molar-refractivity contribution in [2.75, 3.05) is 25.1 Å². The lowest BCUT2D eigenvalue weighted by molar-refractivity contribution is 0.0215. The fourth-order valence-electron chi connectivity index (χ4n) is 0.901. The Morgan fingerprint density at radius 2 is 2.25 bits per heavy atom. The maximum absolute atomic E-state index is 11.7. The summed E-state index contributed by atoms with van der Waals surface area (Å²) < 4.78 is 28.0. The van der Waals surface area contributed by atoms with E-state index in [4.69, 9.17) is 5.26 Å². The number of nitrogens with one attached hydrogen (secondary N) is 1. The van der Waals surface area contributed by atoms with Gasteiger partial charge in [0.05, 0.1) is 19.0 Å². The van der Waals surface area contributed by atoms with Gasteiger partial charge in [0, 0.05) is 6.54 Å². The molecule has 0 amide bonds. The van der Waals surface area contributed by atoms with Crippen LogP contribution >= 0.6 is 0 Å². The first-order valence-electron chi connectivity index (χ1n) is 4.54. The van der Waals surface area contributed by atoms with Gasteiger partial charge in [-0.2, -0.15) is 5.26 Å². The fourth-order valence-corrected chi connectivity index (χ4v) is 0.901. The Kier molecular flexibility index (Phi) is 5.08. The molecule has 1 rings (SSSR count). The van der Waals surface area contributed by atoms with E-state index in [-0.39, 0.29) is 12.3 Å². The minimum absolute atomic E-state index is 0.159. The van der Waals surface area contributed by atoms with E-state index in [1.807, 2.05) is 6.07 Å². The van der Waals surface area contributed by atoms with Crippen LogP contribution in [0.15, 0.2) is 12.4 Å². The van der Waals surface area contributed by atoms with E-state index in [1.165, 1.54) is 12.4 Å². The fraction of sp³-hybridized carbons (Fsp3) is 0.444. The quantitative estimate of drug-likeness (QED) is 0.736. The molecule has 0 aliphatic carbocycles. The topological polar surface area (TPSA) is 70.8 Å². The van der Waals surface area contributed by atoms with Gasteiger partial charge < -0.3 is 10.1 Å². The molecule has 16 heavy (non-hydrogen) atoms. The molecule has 0 aliphatic heterocycles. The number of anilines is 1. The van der Waals surface area contributed by atoms with Gasteiger partial charge in [-0.3, -0.25) is 0 Å². The highest BCUT2D eigenvalue weighted by atomic mass is 19.3. The first-order chi connectivity index (χ1) is 7.72. The SMILES string of the molecule is N#Cc1cnc(NCCOCC(F)F)cn1. The third-order valence-electron chi connectivity index (χ3n) is 1.56. The number of rotatable bonds is 6. The largest absolute Gasteiger partial charge is 0.374 e. The highest BCUT2D eigenvalue weighted by Crippen LogP contribution is 1.99. The van der Waals surface area contributed by atoms with Crippen molar-refractivity contribution in [1.29, 1.82) is 5.26 Å². The molecule has 1 aromatic heterocycles. The molecule has 0 saturated carbocycles. The first kappa shape index (κ1) is 12.3. The van der Waals surface area contributed by atoms with Crippen molar-refractivity contribution < 1.29 is 13.5 Å². The van der Waals surface area contributed by atoms with Crippen molar-refractivity contribution >= 4 is 5.82 Å². The molecule has 0 unspecified atom stereocenters. The Morgan fingerprint density at radius 3 is 2.81 bits per heavy atom. The van der Waals surface area contributed by atoms with E-state index >= 15 is 0 Å². The van der Waals surface area contributed by atoms with Gasteiger partial charge in [0.25, 0.3) is 6.43 Å². The minimum atomic E-state index is -2.45. The van der Waals surface area contributed by atoms with E-state index in [0.717, 1.165) is 0 Å². The van der Waals surface area contributed by atoms with Crippen LogP contribution in [0.25, 0.3) is 0 Å². The van der Waals surface area contributed by atoms with Crippen LogP contribution < -0.4 is 5.32 Å². The zero-order valence-corrected chi connectivity index (χ0v) is 8.36. The smallest absolute Gasteiger partial charge is 0.261 e. The molecule has 86 valence electrons. The van der Waals surface area contributed by atoms with Gasteiger partial charge in [0.15, 0.2) is 5.69 Å². The summed E-state index contributed by atoms with van der Waals surface area (Å²) in [7, 11) is 0. The second kappa shape index (κ2) is 6.63. The lowest BCUT2D eigenvalue weighted by atomic mass is 10.5. The van der Waals surface area contributed by atoms with Crippen molar-refractivity contribution in [3.8, 4) is 6.07 Å². The predicted octanol–water partition coefficient (Wildman–Crippen LogP) is 1.04. The van der Waals surface area contributed by atoms with Crippen LogP contribution in [0.5, 0.6) is 0 Å². The van der Waals surface area contributed by atoms with Crippen molar-refractivity contribution in [3.63, 3.8) is 0 Å². The molecule has 7 heteroatoms. The summed E-state index contributed by atoms with van der Waals surface area (Å²) in [4.78, 5) is 7.66. The number of halogens is 2. The molecule has 0 fully saturated rings. The van der Waals surface area contributed by atoms with Crippen molar-refractivity contribution in [2.24, 2.45) is 0 Å². The lowest BCUT2D eigenvalue weighted by Gasteiger charge is -2.05. The molecule has 5 nitrogen and oxygen atoms in total. The van der Waals surface area contributed by atoms with Gasteiger partial charge in [0.1, 0.15) is 18.5 Å². The Hall–Kier alpha value is -1.81. The second-order valence-electron chi connectivity index (χ2n) is 2.79. The van der Waals surface area contributed by atoms with E-state index in [0.29, 0.717) is 12.4 Å². The normalized spacial score (nSPS) is 10.1. The van der Waals surface area contributed by atoms with Crippen molar-refractivity contribution in [1.82, 2.24) is 9.97 Å². The molecule has 0 bridgehead atoms. The van der Waals surface area contributed by atoms with Crippen LogP contribution in [0.2, 0.25) is 0 Å². The molecule has 0 atom stereocenters. The standard InChI is InChI=1S/C9H10F2N4O/c10-8(11)6-16-2-1-13-9-5-14-7(3-12)4-15-9/h4-5,8H,1-2,6H2,(H,13,15). The summed E-state index contributed by atoms with van der Waals surface area (Å²) in [6, 6.07) is 1.83. The minimum Gasteiger partial charge on any atom is -0.374 e. The maximum atomic E-state index is 11.7. The van der Waals surface area contributed by atoms with E-state index < -0.39 is 13.0 Å². The third-order valence-corrected chi connectivity index (χ3v) is 1.56. The molecule has 1 N–H and O–H groups in total. The highest BCUT2D eigenvalue weighted by molar-refractivity contribution is 5.32. The van der Waals surface area contributed by atoms with Crippen LogP contribution in [0.3, 0.4) is 0 Å². The van der Waals surface area contributed by atoms with Gasteiger partial charge in [-0.15, -0.1) is 0 Å². The van der Waals surface area contributed by atoms with Crippen molar-refractivity contribution in [2.45, 2.75) is 6.43 Å². The molecule has 1 aromatic rings. The Morgan fingerprint density at radius 1 is 1.44 bits per heavy atom. The summed E-state index contributed by atoms with van der Waals surface area (Å²) >= 11 is 0. The van der Waals surface area contributed by atoms with E-state index in [9.17, 15) is 8.78 Å². The number of aromatic nitrogens is 2. The Balaban J connectivity index is 2.20. The first-order valence-corrected chi connectivity index (χ1v) is 4.54. The summed E-state index contributed by atoms with van der Waals surface area (Å²) in [5.41, 5.74) is 0.222. The van der Waals surface area contributed by atoms with Crippen LogP contribution in [-0.2, 0) is 4.74 Å². The summed E-state index contributed by atoms with van der Waals surface area (Å²) in [6.07, 6.45) is 0.267. The van der Waals surface area contributed by atoms with Crippen LogP contribution in [0.1, 0.15) is 5.69 Å². The highest BCUT2D eigenvalue weighted by Gasteiger charge is 2.01. The van der Waals surface area contributed by atoms with Crippen LogP contribution in [0, 0.1) is 11.3 Å². The zero-order valence-electron chi connectivity index (χ0n) is 8.36. The average molecular weight is 228 g/mol. The van der Waals surface area contributed by atoms with Gasteiger partial charge in [0.2, 0.25) is 0 Å².